The molecule has 2 aromatic rings. The molecule has 0 saturated heterocycles. The molecule has 5 nitrogen and oxygen atoms in total. The minimum Gasteiger partial charge on any atom is -0.454 e. The maximum Gasteiger partial charge on any atom is 0.231 e. The zero-order chi connectivity index (χ0) is 15.1. The smallest absolute Gasteiger partial charge is 0.231 e. The maximum atomic E-state index is 5.76. The van der Waals surface area contributed by atoms with Gasteiger partial charge in [0.15, 0.2) is 11.5 Å². The zero-order valence-corrected chi connectivity index (χ0v) is 12.4. The second-order valence-electron chi connectivity index (χ2n) is 5.16. The van der Waals surface area contributed by atoms with Crippen LogP contribution in [0.5, 0.6) is 11.5 Å². The van der Waals surface area contributed by atoms with Crippen LogP contribution in [0, 0.1) is 0 Å². The molecule has 110 valence electrons. The van der Waals surface area contributed by atoms with Crippen molar-refractivity contribution in [1.29, 1.82) is 0 Å². The van der Waals surface area contributed by atoms with Crippen LogP contribution in [0.15, 0.2) is 41.5 Å². The van der Waals surface area contributed by atoms with Gasteiger partial charge in [-0.05, 0) is 29.8 Å². The van der Waals surface area contributed by atoms with Crippen LogP contribution in [0.4, 0.5) is 5.69 Å². The SMILES string of the molecule is Nc1ccc(C2=NNC(=S)Cc3cc4c(cc32)OCO4)cc1. The van der Waals surface area contributed by atoms with E-state index in [0.29, 0.717) is 17.1 Å². The lowest BCUT2D eigenvalue weighted by Crippen LogP contribution is -2.16. The number of nitrogen functional groups attached to an aromatic ring is 1. The molecule has 0 aliphatic carbocycles. The summed E-state index contributed by atoms with van der Waals surface area (Å²) in [5.74, 6) is 1.48. The molecule has 2 aliphatic heterocycles. The first kappa shape index (κ1) is 13.1. The van der Waals surface area contributed by atoms with Crippen LogP contribution in [-0.2, 0) is 6.42 Å². The third-order valence-corrected chi connectivity index (χ3v) is 3.92. The van der Waals surface area contributed by atoms with Crippen LogP contribution in [0.1, 0.15) is 16.7 Å². The van der Waals surface area contributed by atoms with Gasteiger partial charge in [-0.3, -0.25) is 5.43 Å². The van der Waals surface area contributed by atoms with Gasteiger partial charge in [-0.1, -0.05) is 24.4 Å². The Morgan fingerprint density at radius 3 is 2.59 bits per heavy atom. The van der Waals surface area contributed by atoms with E-state index in [1.54, 1.807) is 0 Å². The van der Waals surface area contributed by atoms with E-state index in [0.717, 1.165) is 33.9 Å². The average molecular weight is 311 g/mol. The van der Waals surface area contributed by atoms with Crippen molar-refractivity contribution in [3.63, 3.8) is 0 Å². The molecule has 6 heteroatoms. The highest BCUT2D eigenvalue weighted by Gasteiger charge is 2.23. The topological polar surface area (TPSA) is 68.9 Å². The van der Waals surface area contributed by atoms with Crippen molar-refractivity contribution in [1.82, 2.24) is 5.43 Å². The summed E-state index contributed by atoms with van der Waals surface area (Å²) in [4.78, 5) is 0.672. The van der Waals surface area contributed by atoms with Crippen LogP contribution < -0.4 is 20.6 Å². The molecule has 2 aromatic carbocycles. The van der Waals surface area contributed by atoms with Crippen molar-refractivity contribution in [2.24, 2.45) is 5.10 Å². The van der Waals surface area contributed by atoms with E-state index in [9.17, 15) is 0 Å². The van der Waals surface area contributed by atoms with Crippen molar-refractivity contribution in [3.8, 4) is 11.5 Å². The van der Waals surface area contributed by atoms with E-state index >= 15 is 0 Å². The third-order valence-electron chi connectivity index (χ3n) is 3.68. The first-order chi connectivity index (χ1) is 10.7. The van der Waals surface area contributed by atoms with Crippen LogP contribution in [0.25, 0.3) is 0 Å². The fraction of sp³-hybridized carbons (Fsp3) is 0.125. The molecule has 0 amide bonds. The maximum absolute atomic E-state index is 5.76. The van der Waals surface area contributed by atoms with Gasteiger partial charge in [0, 0.05) is 23.2 Å². The van der Waals surface area contributed by atoms with E-state index in [1.807, 2.05) is 36.4 Å². The predicted molar refractivity (Wildman–Crippen MR) is 88.5 cm³/mol. The number of benzene rings is 2. The highest BCUT2D eigenvalue weighted by atomic mass is 32.1. The van der Waals surface area contributed by atoms with Crippen molar-refractivity contribution in [3.05, 3.63) is 53.1 Å². The van der Waals surface area contributed by atoms with Crippen molar-refractivity contribution >= 4 is 28.6 Å². The van der Waals surface area contributed by atoms with Gasteiger partial charge < -0.3 is 15.2 Å². The monoisotopic (exact) mass is 311 g/mol. The Morgan fingerprint density at radius 1 is 1.09 bits per heavy atom. The molecular weight excluding hydrogens is 298 g/mol. The largest absolute Gasteiger partial charge is 0.454 e. The second kappa shape index (κ2) is 4.99. The summed E-state index contributed by atoms with van der Waals surface area (Å²) in [5, 5.41) is 4.46. The van der Waals surface area contributed by atoms with Gasteiger partial charge >= 0.3 is 0 Å². The Bertz CT molecular complexity index is 800. The number of anilines is 1. The number of hydrogen-bond acceptors (Lipinski definition) is 5. The lowest BCUT2D eigenvalue weighted by Gasteiger charge is -2.10. The molecule has 3 N–H and O–H groups in total. The Balaban J connectivity index is 1.89. The molecule has 4 rings (SSSR count). The Labute approximate surface area is 132 Å². The molecule has 0 fully saturated rings. The van der Waals surface area contributed by atoms with E-state index in [1.165, 1.54) is 0 Å². The highest BCUT2D eigenvalue weighted by Crippen LogP contribution is 2.36. The normalized spacial score (nSPS) is 15.6. The molecule has 0 saturated carbocycles. The van der Waals surface area contributed by atoms with Gasteiger partial charge in [0.05, 0.1) is 5.71 Å². The number of rotatable bonds is 1. The van der Waals surface area contributed by atoms with Gasteiger partial charge in [0.1, 0.15) is 4.99 Å². The standard InChI is InChI=1S/C16H13N3O2S/c17-11-3-1-9(2-4-11)16-12-7-14-13(20-8-21-14)5-10(12)6-15(22)18-19-16/h1-5,7H,6,8,17H2,(H,18,22). The number of ether oxygens (including phenoxy) is 2. The second-order valence-corrected chi connectivity index (χ2v) is 5.65. The van der Waals surface area contributed by atoms with Gasteiger partial charge in [-0.15, -0.1) is 0 Å². The summed E-state index contributed by atoms with van der Waals surface area (Å²) >= 11 is 5.31. The zero-order valence-electron chi connectivity index (χ0n) is 11.6. The quantitative estimate of drug-likeness (QED) is 0.624. The summed E-state index contributed by atoms with van der Waals surface area (Å²) < 4.78 is 10.9. The molecule has 0 unspecified atom stereocenters. The molecule has 0 bridgehead atoms. The summed E-state index contributed by atoms with van der Waals surface area (Å²) in [6.07, 6.45) is 0.614. The molecule has 0 atom stereocenters. The van der Waals surface area contributed by atoms with E-state index < -0.39 is 0 Å². The third kappa shape index (κ3) is 2.17. The van der Waals surface area contributed by atoms with Crippen molar-refractivity contribution in [2.45, 2.75) is 6.42 Å². The molecule has 2 heterocycles. The predicted octanol–water partition coefficient (Wildman–Crippen LogP) is 2.22. The number of fused-ring (bicyclic) bond motifs is 2. The number of hydrogen-bond donors (Lipinski definition) is 2. The lowest BCUT2D eigenvalue weighted by molar-refractivity contribution is 0.174. The number of nitrogens with two attached hydrogens (primary N) is 1. The number of hydrazone groups is 1. The van der Waals surface area contributed by atoms with E-state index in [4.69, 9.17) is 27.4 Å². The number of nitrogens with zero attached hydrogens (tertiary/aromatic N) is 1. The molecular formula is C16H13N3O2S. The van der Waals surface area contributed by atoms with Crippen molar-refractivity contribution in [2.75, 3.05) is 12.5 Å². The molecule has 22 heavy (non-hydrogen) atoms. The Morgan fingerprint density at radius 2 is 1.82 bits per heavy atom. The fourth-order valence-corrected chi connectivity index (χ4v) is 2.80. The summed E-state index contributed by atoms with van der Waals surface area (Å²) in [6.45, 7) is 0.245. The molecule has 2 aliphatic rings. The molecule has 0 radical (unpaired) electrons. The molecule has 0 aromatic heterocycles. The van der Waals surface area contributed by atoms with Gasteiger partial charge in [0.25, 0.3) is 0 Å². The number of nitrogens with one attached hydrogen (secondary N) is 1. The average Bonchev–Trinajstić information content (AvgIpc) is 2.89. The summed E-state index contributed by atoms with van der Waals surface area (Å²) in [5.41, 5.74) is 13.2. The number of thiocarbonyl (C=S) groups is 1. The minimum atomic E-state index is 0.245. The van der Waals surface area contributed by atoms with Crippen LogP contribution >= 0.6 is 12.2 Å². The Hall–Kier alpha value is -2.60. The first-order valence-corrected chi connectivity index (χ1v) is 7.27. The minimum absolute atomic E-state index is 0.245. The van der Waals surface area contributed by atoms with E-state index in [-0.39, 0.29) is 6.79 Å². The lowest BCUT2D eigenvalue weighted by atomic mass is 9.95. The van der Waals surface area contributed by atoms with Gasteiger partial charge in [-0.25, -0.2) is 0 Å². The van der Waals surface area contributed by atoms with E-state index in [2.05, 4.69) is 10.5 Å². The molecule has 0 spiro atoms. The van der Waals surface area contributed by atoms with Crippen LogP contribution in [0.2, 0.25) is 0 Å². The van der Waals surface area contributed by atoms with Crippen molar-refractivity contribution < 1.29 is 9.47 Å². The fourth-order valence-electron chi connectivity index (χ4n) is 2.60. The van der Waals surface area contributed by atoms with Gasteiger partial charge in [-0.2, -0.15) is 5.10 Å². The summed E-state index contributed by atoms with van der Waals surface area (Å²) in [6, 6.07) is 11.5. The first-order valence-electron chi connectivity index (χ1n) is 6.86. The summed E-state index contributed by atoms with van der Waals surface area (Å²) in [7, 11) is 0. The van der Waals surface area contributed by atoms with Crippen LogP contribution in [0.3, 0.4) is 0 Å². The highest BCUT2D eigenvalue weighted by molar-refractivity contribution is 7.80. The Kier molecular flexibility index (Phi) is 2.97. The van der Waals surface area contributed by atoms with Crippen LogP contribution in [-0.4, -0.2) is 17.5 Å². The van der Waals surface area contributed by atoms with Gasteiger partial charge in [0.2, 0.25) is 6.79 Å².